The normalized spacial score (nSPS) is 32.2. The molecule has 1 saturated carbocycles. The lowest BCUT2D eigenvalue weighted by molar-refractivity contribution is -0.207. The Morgan fingerprint density at radius 3 is 2.28 bits per heavy atom. The van der Waals surface area contributed by atoms with Gasteiger partial charge in [0.05, 0.1) is 38.3 Å². The monoisotopic (exact) mass is 361 g/mol. The van der Waals surface area contributed by atoms with Gasteiger partial charge in [-0.1, -0.05) is 6.58 Å². The second kappa shape index (κ2) is 9.94. The van der Waals surface area contributed by atoms with Crippen LogP contribution in [-0.2, 0) is 0 Å². The van der Waals surface area contributed by atoms with Crippen molar-refractivity contribution in [2.24, 2.45) is 0 Å². The maximum atomic E-state index is 9.93. The molecule has 2 rings (SSSR count). The smallest absolute Gasteiger partial charge is 0.118 e. The lowest BCUT2D eigenvalue weighted by atomic mass is 9.76. The van der Waals surface area contributed by atoms with Gasteiger partial charge in [0.2, 0.25) is 0 Å². The fourth-order valence-electron chi connectivity index (χ4n) is 2.52. The van der Waals surface area contributed by atoms with E-state index in [1.165, 1.54) is 0 Å². The summed E-state index contributed by atoms with van der Waals surface area (Å²) in [5.41, 5.74) is -1.94. The first kappa shape index (κ1) is 21.7. The minimum atomic E-state index is -1.94. The van der Waals surface area contributed by atoms with Crippen molar-refractivity contribution < 1.29 is 35.7 Å². The van der Waals surface area contributed by atoms with Crippen LogP contribution in [0.15, 0.2) is 25.3 Å². The van der Waals surface area contributed by atoms with Crippen molar-refractivity contribution in [3.63, 3.8) is 0 Å². The van der Waals surface area contributed by atoms with E-state index in [1.54, 1.807) is 23.3 Å². The van der Waals surface area contributed by atoms with Gasteiger partial charge in [0.25, 0.3) is 0 Å². The Kier molecular flexibility index (Phi) is 8.62. The topological polar surface area (TPSA) is 171 Å². The second-order valence-electron chi connectivity index (χ2n) is 5.92. The molecule has 0 aliphatic heterocycles. The molecule has 1 fully saturated rings. The quantitative estimate of drug-likeness (QED) is 0.256. The minimum absolute atomic E-state index is 0.223. The van der Waals surface area contributed by atoms with Gasteiger partial charge >= 0.3 is 0 Å². The second-order valence-corrected chi connectivity index (χ2v) is 5.92. The molecule has 0 unspecified atom stereocenters. The summed E-state index contributed by atoms with van der Waals surface area (Å²) in [5.74, 6) is 0. The number of hydrogen-bond donors (Lipinski definition) is 8. The van der Waals surface area contributed by atoms with Crippen LogP contribution < -0.4 is 5.32 Å². The van der Waals surface area contributed by atoms with E-state index in [4.69, 9.17) is 15.3 Å². The van der Waals surface area contributed by atoms with Gasteiger partial charge in [0.1, 0.15) is 17.8 Å². The third kappa shape index (κ3) is 5.56. The lowest BCUT2D eigenvalue weighted by Crippen LogP contribution is -2.68. The van der Waals surface area contributed by atoms with E-state index < -0.39 is 55.8 Å². The number of aromatic nitrogens is 2. The number of aliphatic hydroxyl groups is 7. The summed E-state index contributed by atoms with van der Waals surface area (Å²) in [5, 5.41) is 68.4. The van der Waals surface area contributed by atoms with E-state index >= 15 is 0 Å². The number of hydrogen-bond acceptors (Lipinski definition) is 9. The van der Waals surface area contributed by atoms with Crippen LogP contribution in [0.2, 0.25) is 0 Å². The lowest BCUT2D eigenvalue weighted by Gasteiger charge is -2.46. The summed E-state index contributed by atoms with van der Waals surface area (Å²) in [7, 11) is 0. The molecule has 10 heteroatoms. The van der Waals surface area contributed by atoms with Crippen molar-refractivity contribution in [2.45, 2.75) is 42.4 Å². The molecular formula is C15H27N3O7. The fourth-order valence-corrected chi connectivity index (χ4v) is 2.52. The van der Waals surface area contributed by atoms with E-state index in [1.807, 2.05) is 6.20 Å². The number of rotatable bonds is 6. The summed E-state index contributed by atoms with van der Waals surface area (Å²) in [6.07, 6.45) is 2.00. The van der Waals surface area contributed by atoms with Crippen LogP contribution in [0, 0.1) is 0 Å². The summed E-state index contributed by atoms with van der Waals surface area (Å²) in [6, 6.07) is -1.60. The van der Waals surface area contributed by atoms with Crippen molar-refractivity contribution in [2.75, 3.05) is 19.8 Å². The molecule has 1 aromatic rings. The molecule has 1 aliphatic carbocycles. The van der Waals surface area contributed by atoms with Crippen molar-refractivity contribution in [3.05, 3.63) is 25.3 Å². The largest absolute Gasteiger partial charge is 0.395 e. The molecule has 0 radical (unpaired) electrons. The molecule has 0 aromatic carbocycles. The van der Waals surface area contributed by atoms with Crippen molar-refractivity contribution in [1.29, 1.82) is 0 Å². The van der Waals surface area contributed by atoms with Crippen LogP contribution in [0.3, 0.4) is 0 Å². The van der Waals surface area contributed by atoms with E-state index in [-0.39, 0.29) is 6.42 Å². The molecule has 0 spiro atoms. The van der Waals surface area contributed by atoms with E-state index in [9.17, 15) is 20.4 Å². The molecule has 0 amide bonds. The highest BCUT2D eigenvalue weighted by Crippen LogP contribution is 2.29. The Balaban J connectivity index is 0.000000370. The predicted molar refractivity (Wildman–Crippen MR) is 88.2 cm³/mol. The maximum Gasteiger partial charge on any atom is 0.118 e. The number of nitrogens with zero attached hydrogens (tertiary/aromatic N) is 2. The molecule has 1 aromatic heterocycles. The zero-order valence-electron chi connectivity index (χ0n) is 13.8. The Bertz CT molecular complexity index is 497. The molecule has 0 bridgehead atoms. The van der Waals surface area contributed by atoms with Gasteiger partial charge in [0, 0.05) is 24.6 Å². The van der Waals surface area contributed by atoms with Crippen LogP contribution >= 0.6 is 0 Å². The summed E-state index contributed by atoms with van der Waals surface area (Å²) < 4.78 is 1.78. The first-order valence-corrected chi connectivity index (χ1v) is 7.78. The van der Waals surface area contributed by atoms with Gasteiger partial charge in [-0.15, -0.1) is 0 Å². The van der Waals surface area contributed by atoms with Gasteiger partial charge < -0.3 is 45.6 Å². The Labute approximate surface area is 145 Å². The number of nitrogens with one attached hydrogen (secondary N) is 1. The third-order valence-electron chi connectivity index (χ3n) is 4.11. The minimum Gasteiger partial charge on any atom is -0.395 e. The Hall–Kier alpha value is -1.37. The van der Waals surface area contributed by atoms with Crippen LogP contribution in [0.4, 0.5) is 0 Å². The third-order valence-corrected chi connectivity index (χ3v) is 4.11. The van der Waals surface area contributed by atoms with Crippen molar-refractivity contribution in [1.82, 2.24) is 14.9 Å². The van der Waals surface area contributed by atoms with Crippen molar-refractivity contribution >= 4 is 6.20 Å². The van der Waals surface area contributed by atoms with Crippen LogP contribution in [-0.4, -0.2) is 101 Å². The molecule has 144 valence electrons. The predicted octanol–water partition coefficient (Wildman–Crippen LogP) is -3.51. The Morgan fingerprint density at radius 1 is 1.24 bits per heavy atom. The zero-order valence-corrected chi connectivity index (χ0v) is 13.8. The molecular weight excluding hydrogens is 334 g/mol. The molecule has 25 heavy (non-hydrogen) atoms. The molecule has 10 nitrogen and oxygen atoms in total. The highest BCUT2D eigenvalue weighted by molar-refractivity contribution is 5.14. The van der Waals surface area contributed by atoms with Gasteiger partial charge in [-0.2, -0.15) is 0 Å². The fraction of sp³-hybridized carbons (Fsp3) is 0.667. The highest BCUT2D eigenvalue weighted by Gasteiger charge is 2.51. The average Bonchev–Trinajstić information content (AvgIpc) is 3.16. The average molecular weight is 361 g/mol. The molecule has 1 aliphatic rings. The molecule has 1 heterocycles. The molecule has 0 saturated heterocycles. The number of imidazole rings is 1. The summed E-state index contributed by atoms with van der Waals surface area (Å²) in [4.78, 5) is 3.78. The van der Waals surface area contributed by atoms with Gasteiger partial charge in [-0.05, 0) is 6.42 Å². The van der Waals surface area contributed by atoms with Crippen LogP contribution in [0.25, 0.3) is 6.20 Å². The van der Waals surface area contributed by atoms with E-state index in [0.29, 0.717) is 0 Å². The molecule has 5 atom stereocenters. The summed E-state index contributed by atoms with van der Waals surface area (Å²) >= 11 is 0. The zero-order chi connectivity index (χ0) is 19.0. The maximum absolute atomic E-state index is 9.93. The van der Waals surface area contributed by atoms with Crippen molar-refractivity contribution in [3.8, 4) is 0 Å². The molecule has 8 N–H and O–H groups in total. The first-order chi connectivity index (χ1) is 11.8. The first-order valence-electron chi connectivity index (χ1n) is 7.78. The SMILES string of the molecule is C=Cn1ccnc1.OCC(CO)N[C@H]1C[C@](O)(CO)[C@@H](O)[C@H](O)[C@H]1O. The standard InChI is InChI=1S/C10H21NO7.C5H6N2/c12-2-5(3-13)11-6-1-10(18,4-14)9(17)8(16)7(6)15;1-2-7-4-3-6-5-7/h5-9,11-18H,1-4H2;2-5H,1H2/t6-,7-,8+,9-,10-;/m0./s1. The van der Waals surface area contributed by atoms with E-state index in [0.717, 1.165) is 0 Å². The highest BCUT2D eigenvalue weighted by atomic mass is 16.4. The van der Waals surface area contributed by atoms with Gasteiger partial charge in [-0.25, -0.2) is 4.98 Å². The van der Waals surface area contributed by atoms with E-state index in [2.05, 4.69) is 16.9 Å². The van der Waals surface area contributed by atoms with Gasteiger partial charge in [0.15, 0.2) is 0 Å². The van der Waals surface area contributed by atoms with Crippen LogP contribution in [0.5, 0.6) is 0 Å². The summed E-state index contributed by atoms with van der Waals surface area (Å²) in [6.45, 7) is 1.96. The number of aliphatic hydroxyl groups excluding tert-OH is 6. The van der Waals surface area contributed by atoms with Gasteiger partial charge in [-0.3, -0.25) is 0 Å². The van der Waals surface area contributed by atoms with Crippen LogP contribution in [0.1, 0.15) is 6.42 Å². The Morgan fingerprint density at radius 2 is 1.88 bits per heavy atom.